The molecule has 1 N–H and O–H groups in total. The molecular weight excluding hydrogens is 248 g/mol. The Bertz CT molecular complexity index is 891. The molecule has 0 fully saturated rings. The quantitative estimate of drug-likeness (QED) is 0.618. The van der Waals surface area contributed by atoms with Gasteiger partial charge in [0.05, 0.1) is 0 Å². The van der Waals surface area contributed by atoms with Crippen LogP contribution in [0.5, 0.6) is 5.75 Å². The third kappa shape index (κ3) is 1.36. The maximum absolute atomic E-state index is 12.0. The average molecular weight is 262 g/mol. The van der Waals surface area contributed by atoms with Crippen LogP contribution in [0.2, 0.25) is 0 Å². The van der Waals surface area contributed by atoms with E-state index in [1.54, 1.807) is 6.07 Å². The van der Waals surface area contributed by atoms with Crippen molar-refractivity contribution in [2.75, 3.05) is 0 Å². The number of fused-ring (bicyclic) bond motifs is 5. The molecule has 0 saturated carbocycles. The smallest absolute Gasteiger partial charge is 0.163 e. The number of hydrogen-bond donors (Lipinski definition) is 1. The molecule has 0 amide bonds. The van der Waals surface area contributed by atoms with Crippen molar-refractivity contribution in [1.29, 1.82) is 0 Å². The van der Waals surface area contributed by atoms with Crippen molar-refractivity contribution < 1.29 is 9.90 Å². The van der Waals surface area contributed by atoms with Crippen LogP contribution in [0, 0.1) is 6.92 Å². The van der Waals surface area contributed by atoms with Gasteiger partial charge in [0.15, 0.2) is 5.78 Å². The topological polar surface area (TPSA) is 37.3 Å². The molecule has 98 valence electrons. The minimum atomic E-state index is 0.192. The van der Waals surface area contributed by atoms with E-state index in [0.29, 0.717) is 6.42 Å². The van der Waals surface area contributed by atoms with E-state index in [4.69, 9.17) is 0 Å². The summed E-state index contributed by atoms with van der Waals surface area (Å²) in [5, 5.41) is 14.5. The van der Waals surface area contributed by atoms with Crippen LogP contribution in [0.15, 0.2) is 36.4 Å². The summed E-state index contributed by atoms with van der Waals surface area (Å²) in [5.41, 5.74) is 2.86. The zero-order valence-electron chi connectivity index (χ0n) is 11.2. The van der Waals surface area contributed by atoms with Crippen LogP contribution in [0.25, 0.3) is 21.5 Å². The fourth-order valence-electron chi connectivity index (χ4n) is 3.44. The van der Waals surface area contributed by atoms with Gasteiger partial charge in [-0.1, -0.05) is 24.3 Å². The second-order valence-corrected chi connectivity index (χ2v) is 5.51. The first-order valence-electron chi connectivity index (χ1n) is 6.87. The van der Waals surface area contributed by atoms with Gasteiger partial charge < -0.3 is 5.11 Å². The molecule has 3 aromatic rings. The van der Waals surface area contributed by atoms with Crippen LogP contribution in [-0.4, -0.2) is 10.9 Å². The number of ketones is 1. The lowest BCUT2D eigenvalue weighted by atomic mass is 9.92. The van der Waals surface area contributed by atoms with Crippen LogP contribution in [0.3, 0.4) is 0 Å². The van der Waals surface area contributed by atoms with Crippen molar-refractivity contribution in [3.05, 3.63) is 53.1 Å². The molecule has 1 aliphatic carbocycles. The fourth-order valence-corrected chi connectivity index (χ4v) is 3.44. The number of Topliss-reactive ketones (excluding diaryl/α,β-unsaturated/α-hetero) is 1. The van der Waals surface area contributed by atoms with E-state index in [1.165, 1.54) is 0 Å². The Morgan fingerprint density at radius 1 is 1.05 bits per heavy atom. The summed E-state index contributed by atoms with van der Waals surface area (Å²) in [4.78, 5) is 12.0. The summed E-state index contributed by atoms with van der Waals surface area (Å²) in [6.07, 6.45) is 1.29. The van der Waals surface area contributed by atoms with Crippen LogP contribution in [0.4, 0.5) is 0 Å². The average Bonchev–Trinajstić information content (AvgIpc) is 2.80. The van der Waals surface area contributed by atoms with Crippen molar-refractivity contribution in [2.24, 2.45) is 0 Å². The maximum Gasteiger partial charge on any atom is 0.163 e. The number of rotatable bonds is 0. The van der Waals surface area contributed by atoms with Crippen LogP contribution in [0.1, 0.15) is 27.9 Å². The van der Waals surface area contributed by atoms with Crippen molar-refractivity contribution in [1.82, 2.24) is 0 Å². The Balaban J connectivity index is 2.31. The molecule has 0 heterocycles. The number of carbonyl (C=O) groups is 1. The van der Waals surface area contributed by atoms with Gasteiger partial charge in [0, 0.05) is 17.4 Å². The normalized spacial score (nSPS) is 14.2. The Labute approximate surface area is 116 Å². The second-order valence-electron chi connectivity index (χ2n) is 5.51. The highest BCUT2D eigenvalue weighted by Crippen LogP contribution is 2.41. The number of phenolic OH excluding ortho intramolecular Hbond substituents is 1. The molecule has 0 saturated heterocycles. The molecule has 0 aliphatic heterocycles. The first kappa shape index (κ1) is 11.5. The van der Waals surface area contributed by atoms with Crippen molar-refractivity contribution in [3.8, 4) is 5.75 Å². The number of carbonyl (C=O) groups excluding carboxylic acids is 1. The van der Waals surface area contributed by atoms with Gasteiger partial charge in [-0.05, 0) is 52.8 Å². The summed E-state index contributed by atoms with van der Waals surface area (Å²) in [7, 11) is 0. The predicted octanol–water partition coefficient (Wildman–Crippen LogP) is 4.14. The highest BCUT2D eigenvalue weighted by molar-refractivity contribution is 6.16. The molecule has 0 radical (unpaired) electrons. The van der Waals surface area contributed by atoms with E-state index in [9.17, 15) is 9.90 Å². The molecule has 0 aromatic heterocycles. The van der Waals surface area contributed by atoms with Gasteiger partial charge in [0.25, 0.3) is 0 Å². The van der Waals surface area contributed by atoms with Crippen molar-refractivity contribution in [2.45, 2.75) is 19.8 Å². The lowest BCUT2D eigenvalue weighted by Gasteiger charge is -2.13. The monoisotopic (exact) mass is 262 g/mol. The lowest BCUT2D eigenvalue weighted by Crippen LogP contribution is -1.94. The second kappa shape index (κ2) is 3.83. The molecule has 0 atom stereocenters. The first-order valence-corrected chi connectivity index (χ1v) is 6.87. The van der Waals surface area contributed by atoms with E-state index < -0.39 is 0 Å². The summed E-state index contributed by atoms with van der Waals surface area (Å²) in [5.74, 6) is 0.478. The number of aryl methyl sites for hydroxylation is 2. The predicted molar refractivity (Wildman–Crippen MR) is 80.5 cm³/mol. The molecule has 2 heteroatoms. The molecule has 20 heavy (non-hydrogen) atoms. The zero-order chi connectivity index (χ0) is 13.9. The van der Waals surface area contributed by atoms with Crippen molar-refractivity contribution >= 4 is 27.3 Å². The van der Waals surface area contributed by atoms with E-state index in [-0.39, 0.29) is 11.5 Å². The number of hydrogen-bond acceptors (Lipinski definition) is 2. The number of aromatic hydroxyl groups is 1. The largest absolute Gasteiger partial charge is 0.507 e. The summed E-state index contributed by atoms with van der Waals surface area (Å²) < 4.78 is 0. The molecule has 4 rings (SSSR count). The highest BCUT2D eigenvalue weighted by Gasteiger charge is 2.24. The van der Waals surface area contributed by atoms with Gasteiger partial charge in [-0.15, -0.1) is 0 Å². The van der Waals surface area contributed by atoms with E-state index >= 15 is 0 Å². The van der Waals surface area contributed by atoms with Crippen LogP contribution in [-0.2, 0) is 6.42 Å². The van der Waals surface area contributed by atoms with Gasteiger partial charge >= 0.3 is 0 Å². The molecule has 0 unspecified atom stereocenters. The Morgan fingerprint density at radius 3 is 2.70 bits per heavy atom. The molecule has 0 bridgehead atoms. The van der Waals surface area contributed by atoms with E-state index in [0.717, 1.165) is 44.7 Å². The van der Waals surface area contributed by atoms with Gasteiger partial charge in [0.1, 0.15) is 5.75 Å². The molecule has 3 aromatic carbocycles. The van der Waals surface area contributed by atoms with E-state index in [1.807, 2.05) is 31.2 Å². The number of phenols is 1. The van der Waals surface area contributed by atoms with Gasteiger partial charge in [-0.25, -0.2) is 0 Å². The molecule has 1 aliphatic rings. The van der Waals surface area contributed by atoms with Gasteiger partial charge in [-0.3, -0.25) is 4.79 Å². The highest BCUT2D eigenvalue weighted by atomic mass is 16.3. The molecule has 2 nitrogen and oxygen atoms in total. The van der Waals surface area contributed by atoms with Crippen LogP contribution >= 0.6 is 0 Å². The zero-order valence-corrected chi connectivity index (χ0v) is 11.2. The molecule has 0 spiro atoms. The minimum absolute atomic E-state index is 0.192. The minimum Gasteiger partial charge on any atom is -0.507 e. The third-order valence-corrected chi connectivity index (χ3v) is 4.31. The van der Waals surface area contributed by atoms with Crippen molar-refractivity contribution in [3.63, 3.8) is 0 Å². The summed E-state index contributed by atoms with van der Waals surface area (Å²) >= 11 is 0. The Kier molecular flexibility index (Phi) is 2.19. The lowest BCUT2D eigenvalue weighted by molar-refractivity contribution is 0.0994. The van der Waals surface area contributed by atoms with Crippen LogP contribution < -0.4 is 0 Å². The van der Waals surface area contributed by atoms with Gasteiger partial charge in [0.2, 0.25) is 0 Å². The Morgan fingerprint density at radius 2 is 1.85 bits per heavy atom. The third-order valence-electron chi connectivity index (χ3n) is 4.31. The standard InChI is InChI=1S/C18H14O2/c1-10-8-14-13(6-7-15(14)19)18-16(20)9-11-4-2-3-5-12(11)17(10)18/h2-5,8-9,20H,6-7H2,1H3. The summed E-state index contributed by atoms with van der Waals surface area (Å²) in [6, 6.07) is 11.9. The molecular formula is C18H14O2. The first-order chi connectivity index (χ1) is 9.66. The maximum atomic E-state index is 12.0. The Hall–Kier alpha value is -2.35. The van der Waals surface area contributed by atoms with Gasteiger partial charge in [-0.2, -0.15) is 0 Å². The SMILES string of the molecule is Cc1cc2c(c3c(O)cc4ccccc4c13)CCC2=O. The number of benzene rings is 3. The van der Waals surface area contributed by atoms with E-state index in [2.05, 4.69) is 6.07 Å². The fraction of sp³-hybridized carbons (Fsp3) is 0.167. The summed E-state index contributed by atoms with van der Waals surface area (Å²) in [6.45, 7) is 2.01.